The largest absolute Gasteiger partial charge is 0.347 e. The molecule has 0 radical (unpaired) electrons. The monoisotopic (exact) mass is 397 g/mol. The predicted octanol–water partition coefficient (Wildman–Crippen LogP) is 3.20. The lowest BCUT2D eigenvalue weighted by atomic mass is 9.83. The number of carbonyl (C=O) groups is 3. The van der Waals surface area contributed by atoms with Crippen LogP contribution < -0.4 is 10.6 Å². The Morgan fingerprint density at radius 2 is 1.93 bits per heavy atom. The Balaban J connectivity index is 1.72. The molecule has 0 spiro atoms. The lowest BCUT2D eigenvalue weighted by molar-refractivity contribution is -0.129. The molecule has 3 atom stereocenters. The summed E-state index contributed by atoms with van der Waals surface area (Å²) in [6, 6.07) is 9.06. The minimum absolute atomic E-state index is 0.134. The highest BCUT2D eigenvalue weighted by molar-refractivity contribution is 5.99. The van der Waals surface area contributed by atoms with Crippen LogP contribution >= 0.6 is 0 Å². The van der Waals surface area contributed by atoms with Crippen molar-refractivity contribution < 1.29 is 14.4 Å². The Morgan fingerprint density at radius 3 is 2.62 bits per heavy atom. The second-order valence-electron chi connectivity index (χ2n) is 8.50. The standard InChI is InChI=1S/C23H31N3O3/c1-15(2)12-17(14-27)24-22(28)18-9-5-6-10-19(18)25-23(29)21-13-16-8-4-7-11-20(16)26(21)3/h4,7-8,11,13-15,17-19H,5-6,9-10,12H2,1-3H3,(H,24,28)(H,25,29)/t17-,18+,19-/m0/s1. The van der Waals surface area contributed by atoms with Crippen LogP contribution in [0, 0.1) is 11.8 Å². The first-order chi connectivity index (χ1) is 13.9. The Kier molecular flexibility index (Phi) is 6.72. The van der Waals surface area contributed by atoms with Crippen LogP contribution in [0.3, 0.4) is 0 Å². The van der Waals surface area contributed by atoms with E-state index in [1.165, 1.54) is 0 Å². The summed E-state index contributed by atoms with van der Waals surface area (Å²) in [5.74, 6) is -0.289. The van der Waals surface area contributed by atoms with Gasteiger partial charge in [-0.1, -0.05) is 44.9 Å². The molecule has 6 nitrogen and oxygen atoms in total. The molecule has 1 heterocycles. The molecule has 1 aliphatic rings. The molecule has 0 saturated heterocycles. The highest BCUT2D eigenvalue weighted by atomic mass is 16.2. The summed E-state index contributed by atoms with van der Waals surface area (Å²) in [5, 5.41) is 6.99. The molecular formula is C23H31N3O3. The topological polar surface area (TPSA) is 80.2 Å². The van der Waals surface area contributed by atoms with Crippen molar-refractivity contribution in [3.8, 4) is 0 Å². The Morgan fingerprint density at radius 1 is 1.21 bits per heavy atom. The molecular weight excluding hydrogens is 366 g/mol. The Hall–Kier alpha value is -2.63. The maximum atomic E-state index is 13.0. The molecule has 1 saturated carbocycles. The molecule has 0 bridgehead atoms. The number of carbonyl (C=O) groups excluding carboxylic acids is 3. The number of para-hydroxylation sites is 1. The Bertz CT molecular complexity index is 887. The van der Waals surface area contributed by atoms with Crippen molar-refractivity contribution in [1.29, 1.82) is 0 Å². The van der Waals surface area contributed by atoms with Crippen molar-refractivity contribution in [2.24, 2.45) is 18.9 Å². The van der Waals surface area contributed by atoms with Crippen LogP contribution in [-0.4, -0.2) is 34.8 Å². The highest BCUT2D eigenvalue weighted by Crippen LogP contribution is 2.26. The zero-order valence-electron chi connectivity index (χ0n) is 17.5. The smallest absolute Gasteiger partial charge is 0.268 e. The summed E-state index contributed by atoms with van der Waals surface area (Å²) in [6.45, 7) is 4.05. The number of hydrogen-bond acceptors (Lipinski definition) is 3. The van der Waals surface area contributed by atoms with Crippen LogP contribution in [0.25, 0.3) is 10.9 Å². The third-order valence-corrected chi connectivity index (χ3v) is 5.82. The van der Waals surface area contributed by atoms with Crippen LogP contribution in [0.15, 0.2) is 30.3 Å². The van der Waals surface area contributed by atoms with Gasteiger partial charge in [0.25, 0.3) is 5.91 Å². The first-order valence-electron chi connectivity index (χ1n) is 10.5. The van der Waals surface area contributed by atoms with Gasteiger partial charge in [0, 0.05) is 24.0 Å². The van der Waals surface area contributed by atoms with Gasteiger partial charge in [-0.25, -0.2) is 0 Å². The Labute approximate surface area is 172 Å². The van der Waals surface area contributed by atoms with E-state index in [0.29, 0.717) is 18.0 Å². The lowest BCUT2D eigenvalue weighted by Crippen LogP contribution is -2.50. The van der Waals surface area contributed by atoms with Gasteiger partial charge in [-0.05, 0) is 37.3 Å². The molecule has 1 aliphatic carbocycles. The summed E-state index contributed by atoms with van der Waals surface area (Å²) < 4.78 is 1.88. The molecule has 156 valence electrons. The van der Waals surface area contributed by atoms with Gasteiger partial charge in [0.05, 0.1) is 12.0 Å². The van der Waals surface area contributed by atoms with Gasteiger partial charge in [0.2, 0.25) is 5.91 Å². The molecule has 2 N–H and O–H groups in total. The van der Waals surface area contributed by atoms with Crippen molar-refractivity contribution in [3.63, 3.8) is 0 Å². The number of aldehydes is 1. The van der Waals surface area contributed by atoms with Crippen molar-refractivity contribution in [2.45, 2.75) is 58.0 Å². The fraction of sp³-hybridized carbons (Fsp3) is 0.522. The first-order valence-corrected chi connectivity index (χ1v) is 10.5. The number of hydrogen-bond donors (Lipinski definition) is 2. The number of fused-ring (bicyclic) bond motifs is 1. The van der Waals surface area contributed by atoms with E-state index in [-0.39, 0.29) is 23.8 Å². The number of rotatable bonds is 7. The molecule has 6 heteroatoms. The fourth-order valence-corrected chi connectivity index (χ4v) is 4.31. The van der Waals surface area contributed by atoms with E-state index in [9.17, 15) is 14.4 Å². The highest BCUT2D eigenvalue weighted by Gasteiger charge is 2.33. The number of aryl methyl sites for hydroxylation is 1. The average Bonchev–Trinajstić information content (AvgIpc) is 3.04. The average molecular weight is 398 g/mol. The van der Waals surface area contributed by atoms with Crippen molar-refractivity contribution >= 4 is 29.0 Å². The molecule has 1 fully saturated rings. The maximum absolute atomic E-state index is 13.0. The summed E-state index contributed by atoms with van der Waals surface area (Å²) in [6.07, 6.45) is 4.85. The molecule has 1 aromatic carbocycles. The van der Waals surface area contributed by atoms with E-state index in [0.717, 1.165) is 42.9 Å². The number of benzene rings is 1. The van der Waals surface area contributed by atoms with E-state index < -0.39 is 6.04 Å². The van der Waals surface area contributed by atoms with Crippen molar-refractivity contribution in [3.05, 3.63) is 36.0 Å². The summed E-state index contributed by atoms with van der Waals surface area (Å²) >= 11 is 0. The van der Waals surface area contributed by atoms with Crippen molar-refractivity contribution in [1.82, 2.24) is 15.2 Å². The minimum atomic E-state index is -0.473. The SMILES string of the molecule is CC(C)C[C@@H](C=O)NC(=O)[C@@H]1CCCC[C@@H]1NC(=O)c1cc2ccccc2n1C. The van der Waals surface area contributed by atoms with Crippen LogP contribution in [0.2, 0.25) is 0 Å². The second-order valence-corrected chi connectivity index (χ2v) is 8.50. The molecule has 3 rings (SSSR count). The lowest BCUT2D eigenvalue weighted by Gasteiger charge is -2.32. The third kappa shape index (κ3) is 4.86. The quantitative estimate of drug-likeness (QED) is 0.704. The van der Waals surface area contributed by atoms with E-state index in [1.54, 1.807) is 0 Å². The third-order valence-electron chi connectivity index (χ3n) is 5.82. The van der Waals surface area contributed by atoms with E-state index >= 15 is 0 Å². The maximum Gasteiger partial charge on any atom is 0.268 e. The summed E-state index contributed by atoms with van der Waals surface area (Å²) in [4.78, 5) is 37.2. The molecule has 29 heavy (non-hydrogen) atoms. The van der Waals surface area contributed by atoms with Crippen molar-refractivity contribution in [2.75, 3.05) is 0 Å². The predicted molar refractivity (Wildman–Crippen MR) is 114 cm³/mol. The molecule has 2 aromatic rings. The normalized spacial score (nSPS) is 20.4. The zero-order chi connectivity index (χ0) is 21.0. The second kappa shape index (κ2) is 9.25. The van der Waals surface area contributed by atoms with E-state index in [4.69, 9.17) is 0 Å². The molecule has 1 aromatic heterocycles. The van der Waals surface area contributed by atoms with Crippen LogP contribution in [0.4, 0.5) is 0 Å². The molecule has 0 unspecified atom stereocenters. The number of amides is 2. The number of nitrogens with zero attached hydrogens (tertiary/aromatic N) is 1. The summed E-state index contributed by atoms with van der Waals surface area (Å²) in [7, 11) is 1.88. The first kappa shape index (κ1) is 21.1. The van der Waals surface area contributed by atoms with Gasteiger partial charge < -0.3 is 20.0 Å². The number of nitrogens with one attached hydrogen (secondary N) is 2. The summed E-state index contributed by atoms with van der Waals surface area (Å²) in [5.41, 5.74) is 1.58. The van der Waals surface area contributed by atoms with Gasteiger partial charge >= 0.3 is 0 Å². The van der Waals surface area contributed by atoms with Gasteiger partial charge in [-0.2, -0.15) is 0 Å². The van der Waals surface area contributed by atoms with Gasteiger partial charge in [-0.3, -0.25) is 9.59 Å². The fourth-order valence-electron chi connectivity index (χ4n) is 4.31. The zero-order valence-corrected chi connectivity index (χ0v) is 17.5. The van der Waals surface area contributed by atoms with E-state index in [2.05, 4.69) is 10.6 Å². The van der Waals surface area contributed by atoms with Gasteiger partial charge in [-0.15, -0.1) is 0 Å². The number of aromatic nitrogens is 1. The van der Waals surface area contributed by atoms with E-state index in [1.807, 2.05) is 55.8 Å². The van der Waals surface area contributed by atoms with Gasteiger partial charge in [0.1, 0.15) is 12.0 Å². The van der Waals surface area contributed by atoms with Crippen LogP contribution in [-0.2, 0) is 16.6 Å². The van der Waals surface area contributed by atoms with Crippen LogP contribution in [0.5, 0.6) is 0 Å². The molecule has 2 amide bonds. The molecule has 0 aliphatic heterocycles. The van der Waals surface area contributed by atoms with Crippen LogP contribution in [0.1, 0.15) is 56.4 Å². The van der Waals surface area contributed by atoms with Gasteiger partial charge in [0.15, 0.2) is 0 Å². The minimum Gasteiger partial charge on any atom is -0.347 e.